The maximum Gasteiger partial charge on any atom is 0.263 e. The van der Waals surface area contributed by atoms with E-state index in [4.69, 9.17) is 9.47 Å². The number of aromatic nitrogens is 2. The van der Waals surface area contributed by atoms with Gasteiger partial charge in [-0.2, -0.15) is 0 Å². The van der Waals surface area contributed by atoms with Crippen molar-refractivity contribution in [3.05, 3.63) is 75.9 Å². The molecule has 0 spiro atoms. The summed E-state index contributed by atoms with van der Waals surface area (Å²) in [6, 6.07) is 11.3. The van der Waals surface area contributed by atoms with Crippen LogP contribution in [-0.4, -0.2) is 29.7 Å². The Morgan fingerprint density at radius 2 is 1.88 bits per heavy atom. The van der Waals surface area contributed by atoms with Crippen LogP contribution in [0.25, 0.3) is 21.3 Å². The van der Waals surface area contributed by atoms with Crippen molar-refractivity contribution < 1.29 is 18.7 Å². The third-order valence-corrected chi connectivity index (χ3v) is 5.85. The monoisotopic (exact) mass is 453 g/mol. The minimum Gasteiger partial charge on any atom is -0.493 e. The van der Waals surface area contributed by atoms with Crippen LogP contribution in [-0.2, 0) is 17.9 Å². The van der Waals surface area contributed by atoms with Crippen molar-refractivity contribution in [1.29, 1.82) is 0 Å². The first-order valence-electron chi connectivity index (χ1n) is 9.70. The molecule has 0 atom stereocenters. The number of fused-ring (bicyclic) bond motifs is 1. The van der Waals surface area contributed by atoms with E-state index in [0.717, 1.165) is 5.56 Å². The molecule has 0 aliphatic rings. The predicted molar refractivity (Wildman–Crippen MR) is 121 cm³/mol. The summed E-state index contributed by atoms with van der Waals surface area (Å²) in [6.07, 6.45) is 1.37. The first-order valence-corrected chi connectivity index (χ1v) is 10.6. The highest BCUT2D eigenvalue weighted by Gasteiger charge is 2.15. The smallest absolute Gasteiger partial charge is 0.263 e. The van der Waals surface area contributed by atoms with Crippen molar-refractivity contribution in [2.24, 2.45) is 0 Å². The van der Waals surface area contributed by atoms with Gasteiger partial charge in [-0.1, -0.05) is 18.2 Å². The summed E-state index contributed by atoms with van der Waals surface area (Å²) in [6.45, 7) is 0.0939. The number of carbonyl (C=O) groups is 1. The molecular weight excluding hydrogens is 433 g/mol. The number of amides is 1. The fourth-order valence-corrected chi connectivity index (χ4v) is 4.23. The van der Waals surface area contributed by atoms with Gasteiger partial charge < -0.3 is 14.8 Å². The number of benzene rings is 2. The molecule has 2 aromatic carbocycles. The van der Waals surface area contributed by atoms with Crippen LogP contribution >= 0.6 is 11.3 Å². The van der Waals surface area contributed by atoms with E-state index in [1.165, 1.54) is 34.4 Å². The van der Waals surface area contributed by atoms with E-state index >= 15 is 0 Å². The van der Waals surface area contributed by atoms with Crippen LogP contribution in [0.1, 0.15) is 5.56 Å². The fourth-order valence-electron chi connectivity index (χ4n) is 3.32. The highest BCUT2D eigenvalue weighted by molar-refractivity contribution is 7.17. The van der Waals surface area contributed by atoms with E-state index < -0.39 is 0 Å². The Balaban J connectivity index is 1.52. The van der Waals surface area contributed by atoms with E-state index in [-0.39, 0.29) is 30.4 Å². The Bertz CT molecular complexity index is 1330. The first kappa shape index (κ1) is 21.5. The average molecular weight is 453 g/mol. The highest BCUT2D eigenvalue weighted by atomic mass is 32.1. The second kappa shape index (κ2) is 9.19. The number of halogens is 1. The molecule has 0 aliphatic carbocycles. The number of thiophene rings is 1. The molecule has 0 fully saturated rings. The molecule has 7 nitrogen and oxygen atoms in total. The van der Waals surface area contributed by atoms with Gasteiger partial charge in [-0.25, -0.2) is 9.37 Å². The quantitative estimate of drug-likeness (QED) is 0.462. The SMILES string of the molecule is COc1ccc(CNC(=O)Cn2cnc3scc(-c4ccc(F)cc4)c3c2=O)cc1OC. The topological polar surface area (TPSA) is 82.5 Å². The van der Waals surface area contributed by atoms with Gasteiger partial charge in [0.05, 0.1) is 25.9 Å². The summed E-state index contributed by atoms with van der Waals surface area (Å²) < 4.78 is 25.0. The molecule has 32 heavy (non-hydrogen) atoms. The molecule has 0 bridgehead atoms. The van der Waals surface area contributed by atoms with Crippen molar-refractivity contribution in [3.8, 4) is 22.6 Å². The zero-order valence-corrected chi connectivity index (χ0v) is 18.2. The number of hydrogen-bond acceptors (Lipinski definition) is 6. The van der Waals surface area contributed by atoms with Crippen molar-refractivity contribution >= 4 is 27.5 Å². The Hall–Kier alpha value is -3.72. The summed E-state index contributed by atoms with van der Waals surface area (Å²) >= 11 is 1.33. The lowest BCUT2D eigenvalue weighted by Gasteiger charge is -2.11. The summed E-state index contributed by atoms with van der Waals surface area (Å²) in [7, 11) is 3.09. The van der Waals surface area contributed by atoms with E-state index in [1.807, 2.05) is 11.4 Å². The van der Waals surface area contributed by atoms with Crippen LogP contribution in [0.2, 0.25) is 0 Å². The molecule has 0 saturated carbocycles. The summed E-state index contributed by atoms with van der Waals surface area (Å²) in [5, 5.41) is 5.02. The molecule has 9 heteroatoms. The molecule has 1 N–H and O–H groups in total. The van der Waals surface area contributed by atoms with Crippen molar-refractivity contribution in [3.63, 3.8) is 0 Å². The standard InChI is InChI=1S/C23H20FN3O4S/c1-30-18-8-3-14(9-19(18)31-2)10-25-20(28)11-27-13-26-22-21(23(27)29)17(12-32-22)15-4-6-16(24)7-5-15/h3-9,12-13H,10-11H2,1-2H3,(H,25,28). The lowest BCUT2D eigenvalue weighted by molar-refractivity contribution is -0.121. The van der Waals surface area contributed by atoms with Crippen molar-refractivity contribution in [1.82, 2.24) is 14.9 Å². The van der Waals surface area contributed by atoms with Crippen LogP contribution in [0.4, 0.5) is 4.39 Å². The number of nitrogens with zero attached hydrogens (tertiary/aromatic N) is 2. The van der Waals surface area contributed by atoms with Gasteiger partial charge in [-0.3, -0.25) is 14.2 Å². The van der Waals surface area contributed by atoms with Gasteiger partial charge in [-0.15, -0.1) is 11.3 Å². The molecule has 0 aliphatic heterocycles. The van der Waals surface area contributed by atoms with Crippen LogP contribution in [0.5, 0.6) is 11.5 Å². The van der Waals surface area contributed by atoms with Gasteiger partial charge >= 0.3 is 0 Å². The predicted octanol–water partition coefficient (Wildman–Crippen LogP) is 3.60. The molecule has 0 radical (unpaired) electrons. The molecule has 2 heterocycles. The number of hydrogen-bond donors (Lipinski definition) is 1. The van der Waals surface area contributed by atoms with Gasteiger partial charge in [0.15, 0.2) is 11.5 Å². The Labute approximate surface area is 187 Å². The lowest BCUT2D eigenvalue weighted by Crippen LogP contribution is -2.32. The number of methoxy groups -OCH3 is 2. The maximum absolute atomic E-state index is 13.3. The Morgan fingerprint density at radius 1 is 1.12 bits per heavy atom. The van der Waals surface area contributed by atoms with E-state index in [2.05, 4.69) is 10.3 Å². The summed E-state index contributed by atoms with van der Waals surface area (Å²) in [5.74, 6) is 0.480. The third-order valence-electron chi connectivity index (χ3n) is 4.97. The number of ether oxygens (including phenoxy) is 2. The molecular formula is C23H20FN3O4S. The van der Waals surface area contributed by atoms with Crippen molar-refractivity contribution in [2.75, 3.05) is 14.2 Å². The fraction of sp³-hybridized carbons (Fsp3) is 0.174. The van der Waals surface area contributed by atoms with Gasteiger partial charge in [0.1, 0.15) is 17.2 Å². The van der Waals surface area contributed by atoms with Crippen LogP contribution in [0.15, 0.2) is 59.0 Å². The van der Waals surface area contributed by atoms with Crippen molar-refractivity contribution in [2.45, 2.75) is 13.1 Å². The van der Waals surface area contributed by atoms with Crippen LogP contribution < -0.4 is 20.3 Å². The number of rotatable bonds is 7. The van der Waals surface area contributed by atoms with E-state index in [0.29, 0.717) is 32.8 Å². The Morgan fingerprint density at radius 3 is 2.59 bits per heavy atom. The second-order valence-corrected chi connectivity index (χ2v) is 7.84. The van der Waals surface area contributed by atoms with Gasteiger partial charge in [0.2, 0.25) is 5.91 Å². The van der Waals surface area contributed by atoms with Gasteiger partial charge in [-0.05, 0) is 35.4 Å². The first-order chi connectivity index (χ1) is 15.5. The second-order valence-electron chi connectivity index (χ2n) is 6.98. The molecule has 2 aromatic heterocycles. The molecule has 1 amide bonds. The number of carbonyl (C=O) groups excluding carboxylic acids is 1. The van der Waals surface area contributed by atoms with E-state index in [1.54, 1.807) is 38.5 Å². The van der Waals surface area contributed by atoms with E-state index in [9.17, 15) is 14.0 Å². The lowest BCUT2D eigenvalue weighted by atomic mass is 10.1. The normalized spacial score (nSPS) is 10.8. The molecule has 0 unspecified atom stereocenters. The average Bonchev–Trinajstić information content (AvgIpc) is 3.24. The zero-order chi connectivity index (χ0) is 22.7. The molecule has 0 saturated heterocycles. The van der Waals surface area contributed by atoms with Crippen LogP contribution in [0.3, 0.4) is 0 Å². The minimum absolute atomic E-state index is 0.173. The number of nitrogens with one attached hydrogen (secondary N) is 1. The maximum atomic E-state index is 13.3. The summed E-state index contributed by atoms with van der Waals surface area (Å²) in [4.78, 5) is 30.4. The summed E-state index contributed by atoms with van der Waals surface area (Å²) in [5.41, 5.74) is 1.89. The third kappa shape index (κ3) is 4.33. The molecule has 164 valence electrons. The van der Waals surface area contributed by atoms with Gasteiger partial charge in [0.25, 0.3) is 5.56 Å². The Kier molecular flexibility index (Phi) is 6.18. The van der Waals surface area contributed by atoms with Gasteiger partial charge in [0, 0.05) is 17.5 Å². The molecule has 4 rings (SSSR count). The largest absolute Gasteiger partial charge is 0.493 e. The zero-order valence-electron chi connectivity index (χ0n) is 17.4. The highest BCUT2D eigenvalue weighted by Crippen LogP contribution is 2.30. The minimum atomic E-state index is -0.352. The molecule has 4 aromatic rings. The van der Waals surface area contributed by atoms with Crippen LogP contribution in [0, 0.1) is 5.82 Å².